The molecule has 1 nitrogen and oxygen atoms in total. The fourth-order valence-corrected chi connectivity index (χ4v) is 1.63. The van der Waals surface area contributed by atoms with Crippen molar-refractivity contribution in [3.8, 4) is 0 Å². The van der Waals surface area contributed by atoms with E-state index in [0.717, 1.165) is 12.0 Å². The van der Waals surface area contributed by atoms with Gasteiger partial charge >= 0.3 is 0 Å². The van der Waals surface area contributed by atoms with E-state index in [4.69, 9.17) is 28.9 Å². The molecule has 1 aromatic carbocycles. The monoisotopic (exact) mass is 217 g/mol. The highest BCUT2D eigenvalue weighted by Gasteiger charge is 2.13. The molecule has 0 saturated carbocycles. The molecule has 0 aliphatic rings. The molecule has 0 bridgehead atoms. The lowest BCUT2D eigenvalue weighted by atomic mass is 9.96. The molecule has 0 unspecified atom stereocenters. The Kier molecular flexibility index (Phi) is 3.23. The topological polar surface area (TPSA) is 26.0 Å². The largest absolute Gasteiger partial charge is 0.325 e. The molecule has 0 aliphatic heterocycles. The Morgan fingerprint density at radius 3 is 2.38 bits per heavy atom. The summed E-state index contributed by atoms with van der Waals surface area (Å²) in [5.74, 6) is 0. The van der Waals surface area contributed by atoms with E-state index in [-0.39, 0.29) is 5.54 Å². The molecule has 2 N–H and O–H groups in total. The van der Waals surface area contributed by atoms with E-state index < -0.39 is 0 Å². The first kappa shape index (κ1) is 10.8. The van der Waals surface area contributed by atoms with Crippen LogP contribution >= 0.6 is 23.2 Å². The van der Waals surface area contributed by atoms with Gasteiger partial charge < -0.3 is 5.73 Å². The van der Waals surface area contributed by atoms with E-state index in [2.05, 4.69) is 0 Å². The summed E-state index contributed by atoms with van der Waals surface area (Å²) in [4.78, 5) is 0. The zero-order valence-electron chi connectivity index (χ0n) is 7.77. The zero-order valence-corrected chi connectivity index (χ0v) is 9.28. The van der Waals surface area contributed by atoms with Crippen LogP contribution in [0.1, 0.15) is 19.4 Å². The number of benzene rings is 1. The number of hydrogen-bond donors (Lipinski definition) is 1. The van der Waals surface area contributed by atoms with Crippen LogP contribution in [0, 0.1) is 0 Å². The molecule has 0 heterocycles. The number of nitrogens with two attached hydrogens (primary N) is 1. The Morgan fingerprint density at radius 1 is 1.31 bits per heavy atom. The molecule has 0 radical (unpaired) electrons. The van der Waals surface area contributed by atoms with E-state index in [9.17, 15) is 0 Å². The van der Waals surface area contributed by atoms with Gasteiger partial charge in [0.15, 0.2) is 0 Å². The highest BCUT2D eigenvalue weighted by Crippen LogP contribution is 2.23. The smallest absolute Gasteiger partial charge is 0.0453 e. The normalized spacial score (nSPS) is 11.8. The van der Waals surface area contributed by atoms with Crippen LogP contribution in [0.3, 0.4) is 0 Å². The van der Waals surface area contributed by atoms with Gasteiger partial charge in [0.2, 0.25) is 0 Å². The molecular weight excluding hydrogens is 205 g/mol. The van der Waals surface area contributed by atoms with Crippen LogP contribution in [-0.4, -0.2) is 5.54 Å². The third-order valence-electron chi connectivity index (χ3n) is 1.66. The van der Waals surface area contributed by atoms with Gasteiger partial charge in [0.05, 0.1) is 0 Å². The van der Waals surface area contributed by atoms with E-state index in [0.29, 0.717) is 10.0 Å². The van der Waals surface area contributed by atoms with Gasteiger partial charge in [-0.25, -0.2) is 0 Å². The summed E-state index contributed by atoms with van der Waals surface area (Å²) in [7, 11) is 0. The van der Waals surface area contributed by atoms with E-state index in [1.807, 2.05) is 26.0 Å². The van der Waals surface area contributed by atoms with E-state index in [1.54, 1.807) is 6.07 Å². The first-order chi connectivity index (χ1) is 5.88. The van der Waals surface area contributed by atoms with E-state index in [1.165, 1.54) is 0 Å². The summed E-state index contributed by atoms with van der Waals surface area (Å²) >= 11 is 11.8. The Morgan fingerprint density at radius 2 is 1.92 bits per heavy atom. The minimum Gasteiger partial charge on any atom is -0.325 e. The molecule has 0 fully saturated rings. The van der Waals surface area contributed by atoms with Crippen LogP contribution in [0.5, 0.6) is 0 Å². The summed E-state index contributed by atoms with van der Waals surface area (Å²) in [6.45, 7) is 3.94. The summed E-state index contributed by atoms with van der Waals surface area (Å²) < 4.78 is 0. The average Bonchev–Trinajstić information content (AvgIpc) is 1.93. The van der Waals surface area contributed by atoms with Crippen LogP contribution < -0.4 is 5.73 Å². The fourth-order valence-electron chi connectivity index (χ4n) is 1.16. The van der Waals surface area contributed by atoms with Crippen molar-refractivity contribution in [3.05, 3.63) is 33.8 Å². The minimum atomic E-state index is -0.239. The minimum absolute atomic E-state index is 0.239. The molecule has 0 aliphatic carbocycles. The van der Waals surface area contributed by atoms with Crippen LogP contribution in [0.2, 0.25) is 10.0 Å². The Labute approximate surface area is 88.8 Å². The number of hydrogen-bond acceptors (Lipinski definition) is 1. The second-order valence-corrected chi connectivity index (χ2v) is 4.74. The van der Waals surface area contributed by atoms with Gasteiger partial charge in [-0.15, -0.1) is 0 Å². The Balaban J connectivity index is 2.90. The average molecular weight is 218 g/mol. The van der Waals surface area contributed by atoms with Crippen LogP contribution in [0.25, 0.3) is 0 Å². The standard InChI is InChI=1S/C10H13Cl2N/c1-10(2,13)6-7-3-4-8(11)5-9(7)12/h3-5H,6,13H2,1-2H3. The second-order valence-electron chi connectivity index (χ2n) is 3.90. The van der Waals surface area contributed by atoms with Crippen LogP contribution in [0.4, 0.5) is 0 Å². The van der Waals surface area contributed by atoms with Crippen molar-refractivity contribution in [1.29, 1.82) is 0 Å². The van der Waals surface area contributed by atoms with Gasteiger partial charge in [-0.2, -0.15) is 0 Å². The third kappa shape index (κ3) is 3.55. The molecule has 0 aromatic heterocycles. The highest BCUT2D eigenvalue weighted by atomic mass is 35.5. The molecule has 0 saturated heterocycles. The van der Waals surface area contributed by atoms with Crippen molar-refractivity contribution in [1.82, 2.24) is 0 Å². The quantitative estimate of drug-likeness (QED) is 0.809. The number of halogens is 2. The maximum Gasteiger partial charge on any atom is 0.0453 e. The fraction of sp³-hybridized carbons (Fsp3) is 0.400. The Bertz CT molecular complexity index is 302. The molecule has 13 heavy (non-hydrogen) atoms. The van der Waals surface area contributed by atoms with Crippen molar-refractivity contribution >= 4 is 23.2 Å². The van der Waals surface area contributed by atoms with Crippen molar-refractivity contribution in [2.45, 2.75) is 25.8 Å². The summed E-state index contributed by atoms with van der Waals surface area (Å²) in [5, 5.41) is 1.34. The van der Waals surface area contributed by atoms with Gasteiger partial charge in [0.1, 0.15) is 0 Å². The van der Waals surface area contributed by atoms with Gasteiger partial charge in [0, 0.05) is 15.6 Å². The summed E-state index contributed by atoms with van der Waals surface area (Å²) in [6.07, 6.45) is 0.753. The maximum absolute atomic E-state index is 6.00. The molecule has 72 valence electrons. The van der Waals surface area contributed by atoms with Crippen molar-refractivity contribution in [3.63, 3.8) is 0 Å². The predicted molar refractivity (Wildman–Crippen MR) is 58.4 cm³/mol. The first-order valence-electron chi connectivity index (χ1n) is 4.11. The van der Waals surface area contributed by atoms with Crippen molar-refractivity contribution in [2.24, 2.45) is 5.73 Å². The lowest BCUT2D eigenvalue weighted by molar-refractivity contribution is 0.517. The molecular formula is C10H13Cl2N. The number of rotatable bonds is 2. The SMILES string of the molecule is CC(C)(N)Cc1ccc(Cl)cc1Cl. The molecule has 0 amide bonds. The highest BCUT2D eigenvalue weighted by molar-refractivity contribution is 6.35. The van der Waals surface area contributed by atoms with Crippen molar-refractivity contribution < 1.29 is 0 Å². The van der Waals surface area contributed by atoms with Crippen LogP contribution in [0.15, 0.2) is 18.2 Å². The lowest BCUT2D eigenvalue weighted by Crippen LogP contribution is -2.34. The molecule has 1 rings (SSSR count). The van der Waals surface area contributed by atoms with E-state index >= 15 is 0 Å². The summed E-state index contributed by atoms with van der Waals surface area (Å²) in [6, 6.07) is 5.48. The molecule has 3 heteroatoms. The van der Waals surface area contributed by atoms with Gasteiger partial charge in [-0.3, -0.25) is 0 Å². The van der Waals surface area contributed by atoms with Gasteiger partial charge in [-0.05, 0) is 38.0 Å². The van der Waals surface area contributed by atoms with Crippen molar-refractivity contribution in [2.75, 3.05) is 0 Å². The first-order valence-corrected chi connectivity index (χ1v) is 4.87. The molecule has 0 spiro atoms. The van der Waals surface area contributed by atoms with Gasteiger partial charge in [-0.1, -0.05) is 29.3 Å². The second kappa shape index (κ2) is 3.87. The van der Waals surface area contributed by atoms with Crippen LogP contribution in [-0.2, 0) is 6.42 Å². The lowest BCUT2D eigenvalue weighted by Gasteiger charge is -2.19. The molecule has 1 aromatic rings. The zero-order chi connectivity index (χ0) is 10.1. The molecule has 0 atom stereocenters. The predicted octanol–water partition coefficient (Wildman–Crippen LogP) is 3.27. The third-order valence-corrected chi connectivity index (χ3v) is 2.25. The van der Waals surface area contributed by atoms with Gasteiger partial charge in [0.25, 0.3) is 0 Å². The summed E-state index contributed by atoms with van der Waals surface area (Å²) in [5.41, 5.74) is 6.68. The maximum atomic E-state index is 6.00. The Hall–Kier alpha value is -0.240.